The van der Waals surface area contributed by atoms with Crippen LogP contribution in [0.3, 0.4) is 0 Å². The van der Waals surface area contributed by atoms with E-state index in [2.05, 4.69) is 11.5 Å². The molecule has 0 rings (SSSR count). The third-order valence-electron chi connectivity index (χ3n) is 0.948. The fourth-order valence-electron chi connectivity index (χ4n) is 0.465. The molecule has 5 nitrogen and oxygen atoms in total. The average Bonchev–Trinajstić information content (AvgIpc) is 1.98. The van der Waals surface area contributed by atoms with Crippen molar-refractivity contribution in [1.29, 1.82) is 0 Å². The van der Waals surface area contributed by atoms with E-state index in [1.807, 2.05) is 0 Å². The summed E-state index contributed by atoms with van der Waals surface area (Å²) in [4.78, 5) is 13.7. The molecule has 0 radical (unpaired) electrons. The van der Waals surface area contributed by atoms with E-state index in [1.54, 1.807) is 0 Å². The Morgan fingerprint density at radius 1 is 1.55 bits per heavy atom. The largest absolute Gasteiger partial charge is 0.481 e. The van der Waals surface area contributed by atoms with Crippen LogP contribution >= 0.6 is 0 Å². The Morgan fingerprint density at radius 2 is 2.09 bits per heavy atom. The van der Waals surface area contributed by atoms with Crippen LogP contribution in [-0.4, -0.2) is 21.4 Å². The highest BCUT2D eigenvalue weighted by Gasteiger charge is 2.14. The second-order valence-corrected chi connectivity index (χ2v) is 1.67. The first-order valence-corrected chi connectivity index (χ1v) is 2.71. The zero-order chi connectivity index (χ0) is 8.85. The topological polar surface area (TPSA) is 87.0 Å². The predicted octanol–water partition coefficient (Wildman–Crippen LogP) is 0.906. The summed E-state index contributed by atoms with van der Waals surface area (Å²) in [6.45, 7) is 3.25. The van der Waals surface area contributed by atoms with Gasteiger partial charge >= 0.3 is 5.97 Å². The van der Waals surface area contributed by atoms with Crippen LogP contribution in [-0.2, 0) is 9.68 Å². The van der Waals surface area contributed by atoms with Crippen molar-refractivity contribution in [2.24, 2.45) is 0 Å². The molecule has 0 saturated carbocycles. The second kappa shape index (κ2) is 4.35. The van der Waals surface area contributed by atoms with Gasteiger partial charge in [0.1, 0.15) is 5.57 Å². The number of hydrogen-bond donors (Lipinski definition) is 3. The average molecular weight is 160 g/mol. The number of carbonyl (C=O) groups excluding carboxylic acids is 1. The maximum absolute atomic E-state index is 10.4. The quantitative estimate of drug-likeness (QED) is 0.188. The zero-order valence-electron chi connectivity index (χ0n) is 5.65. The summed E-state index contributed by atoms with van der Waals surface area (Å²) in [5.41, 5.74) is -0.442. The van der Waals surface area contributed by atoms with E-state index in [0.29, 0.717) is 0 Å². The summed E-state index contributed by atoms with van der Waals surface area (Å²) in [6, 6.07) is 0. The molecule has 62 valence electrons. The standard InChI is InChI=1S/C6H8O5/c1-2-3-4(5(7)8)6(9)11-10/h2,7-8,10H,1,3H2. The van der Waals surface area contributed by atoms with Gasteiger partial charge in [0, 0.05) is 6.42 Å². The van der Waals surface area contributed by atoms with Gasteiger partial charge in [0.2, 0.25) is 0 Å². The molecule has 0 atom stereocenters. The first kappa shape index (κ1) is 9.51. The Hall–Kier alpha value is -1.49. The first-order valence-electron chi connectivity index (χ1n) is 2.71. The van der Waals surface area contributed by atoms with Gasteiger partial charge in [-0.1, -0.05) is 6.08 Å². The molecular weight excluding hydrogens is 152 g/mol. The van der Waals surface area contributed by atoms with Crippen LogP contribution in [0.4, 0.5) is 0 Å². The molecule has 5 heteroatoms. The number of rotatable bonds is 3. The third-order valence-corrected chi connectivity index (χ3v) is 0.948. The molecule has 0 aromatic rings. The minimum atomic E-state index is -1.20. The van der Waals surface area contributed by atoms with Gasteiger partial charge in [-0.3, -0.25) is 4.89 Å². The number of aliphatic hydroxyl groups is 2. The lowest BCUT2D eigenvalue weighted by atomic mass is 10.2. The van der Waals surface area contributed by atoms with E-state index in [4.69, 9.17) is 15.5 Å². The molecule has 0 aliphatic rings. The maximum Gasteiger partial charge on any atom is 0.376 e. The monoisotopic (exact) mass is 160 g/mol. The molecule has 0 aliphatic heterocycles. The lowest BCUT2D eigenvalue weighted by molar-refractivity contribution is -0.229. The summed E-state index contributed by atoms with van der Waals surface area (Å²) >= 11 is 0. The highest BCUT2D eigenvalue weighted by atomic mass is 17.1. The van der Waals surface area contributed by atoms with Crippen LogP contribution in [0.15, 0.2) is 24.2 Å². The van der Waals surface area contributed by atoms with Gasteiger partial charge in [0.05, 0.1) is 0 Å². The van der Waals surface area contributed by atoms with Gasteiger partial charge < -0.3 is 10.2 Å². The zero-order valence-corrected chi connectivity index (χ0v) is 5.65. The maximum atomic E-state index is 10.4. The minimum absolute atomic E-state index is 0.0816. The van der Waals surface area contributed by atoms with Crippen molar-refractivity contribution in [2.45, 2.75) is 6.42 Å². The van der Waals surface area contributed by atoms with E-state index in [0.717, 1.165) is 0 Å². The van der Waals surface area contributed by atoms with Crippen molar-refractivity contribution < 1.29 is 25.2 Å². The summed E-state index contributed by atoms with van der Waals surface area (Å²) < 4.78 is 0. The van der Waals surface area contributed by atoms with E-state index >= 15 is 0 Å². The number of carbonyl (C=O) groups is 1. The van der Waals surface area contributed by atoms with Crippen molar-refractivity contribution in [2.75, 3.05) is 0 Å². The van der Waals surface area contributed by atoms with E-state index in [-0.39, 0.29) is 6.42 Å². The fraction of sp³-hybridized carbons (Fsp3) is 0.167. The molecule has 11 heavy (non-hydrogen) atoms. The van der Waals surface area contributed by atoms with Gasteiger partial charge in [-0.2, -0.15) is 5.26 Å². The van der Waals surface area contributed by atoms with Crippen molar-refractivity contribution in [3.8, 4) is 0 Å². The summed E-state index contributed by atoms with van der Waals surface area (Å²) in [5.74, 6) is -2.38. The van der Waals surface area contributed by atoms with Crippen molar-refractivity contribution >= 4 is 5.97 Å². The second-order valence-electron chi connectivity index (χ2n) is 1.67. The van der Waals surface area contributed by atoms with Crippen LogP contribution in [0.2, 0.25) is 0 Å². The smallest absolute Gasteiger partial charge is 0.376 e. The van der Waals surface area contributed by atoms with E-state index < -0.39 is 17.5 Å². The number of aliphatic hydroxyl groups excluding tert-OH is 1. The molecule has 0 saturated heterocycles. The Morgan fingerprint density at radius 3 is 2.36 bits per heavy atom. The molecule has 0 amide bonds. The van der Waals surface area contributed by atoms with E-state index in [9.17, 15) is 4.79 Å². The van der Waals surface area contributed by atoms with Crippen LogP contribution < -0.4 is 0 Å². The molecule has 0 unspecified atom stereocenters. The Balaban J connectivity index is 4.48. The highest BCUT2D eigenvalue weighted by molar-refractivity contribution is 5.88. The molecule has 0 spiro atoms. The first-order chi connectivity index (χ1) is 5.13. The van der Waals surface area contributed by atoms with E-state index in [1.165, 1.54) is 6.08 Å². The van der Waals surface area contributed by atoms with Crippen molar-refractivity contribution in [3.63, 3.8) is 0 Å². The highest BCUT2D eigenvalue weighted by Crippen LogP contribution is 2.06. The Bertz CT molecular complexity index is 189. The molecule has 0 heterocycles. The number of hydrogen-bond acceptors (Lipinski definition) is 5. The van der Waals surface area contributed by atoms with Crippen LogP contribution in [0, 0.1) is 0 Å². The van der Waals surface area contributed by atoms with Gasteiger partial charge in [0.25, 0.3) is 5.95 Å². The van der Waals surface area contributed by atoms with Gasteiger partial charge in [-0.05, 0) is 0 Å². The SMILES string of the molecule is C=CCC(C(=O)OO)=C(O)O. The summed E-state index contributed by atoms with van der Waals surface area (Å²) in [7, 11) is 0. The molecule has 0 bridgehead atoms. The normalized spacial score (nSPS) is 8.45. The van der Waals surface area contributed by atoms with Crippen LogP contribution in [0.5, 0.6) is 0 Å². The molecule has 0 aromatic heterocycles. The van der Waals surface area contributed by atoms with Crippen molar-refractivity contribution in [1.82, 2.24) is 0 Å². The van der Waals surface area contributed by atoms with Gasteiger partial charge in [-0.15, -0.1) is 6.58 Å². The molecule has 0 aromatic carbocycles. The molecule has 0 fully saturated rings. The van der Waals surface area contributed by atoms with Crippen LogP contribution in [0.25, 0.3) is 0 Å². The predicted molar refractivity (Wildman–Crippen MR) is 35.8 cm³/mol. The van der Waals surface area contributed by atoms with Gasteiger partial charge in [0.15, 0.2) is 0 Å². The molecule has 0 aliphatic carbocycles. The Kier molecular flexibility index (Phi) is 3.76. The summed E-state index contributed by atoms with van der Waals surface area (Å²) in [6.07, 6.45) is 1.18. The third kappa shape index (κ3) is 2.72. The number of allylic oxidation sites excluding steroid dienone is 1. The van der Waals surface area contributed by atoms with Gasteiger partial charge in [-0.25, -0.2) is 4.79 Å². The van der Waals surface area contributed by atoms with Crippen LogP contribution in [0.1, 0.15) is 6.42 Å². The summed E-state index contributed by atoms with van der Waals surface area (Å²) in [5, 5.41) is 24.7. The molecular formula is C6H8O5. The Labute approximate surface area is 62.8 Å². The lowest BCUT2D eigenvalue weighted by Gasteiger charge is -1.98. The fourth-order valence-corrected chi connectivity index (χ4v) is 0.465. The minimum Gasteiger partial charge on any atom is -0.481 e. The van der Waals surface area contributed by atoms with Crippen molar-refractivity contribution in [3.05, 3.63) is 24.2 Å². The molecule has 3 N–H and O–H groups in total. The lowest BCUT2D eigenvalue weighted by Crippen LogP contribution is -2.07.